The smallest absolute Gasteiger partial charge is 0 e. The number of hydrogen-bond acceptors (Lipinski definition) is 4. The van der Waals surface area contributed by atoms with Crippen LogP contribution in [-0.4, -0.2) is 47.1 Å². The molecule has 4 N–H and O–H groups in total. The Balaban J connectivity index is -0.0000000800. The van der Waals surface area contributed by atoms with Crippen molar-refractivity contribution in [1.82, 2.24) is 0 Å². The zero-order chi connectivity index (χ0) is 4.50. The molecule has 0 unspecified atom stereocenters. The average molecular weight is 195 g/mol. The molecule has 0 aliphatic carbocycles. The summed E-state index contributed by atoms with van der Waals surface area (Å²) in [4.78, 5) is 29.3. The van der Waals surface area contributed by atoms with Crippen molar-refractivity contribution in [3.63, 3.8) is 0 Å². The van der Waals surface area contributed by atoms with Gasteiger partial charge in [-0.3, -0.25) is 0 Å². The van der Waals surface area contributed by atoms with Crippen molar-refractivity contribution < 1.29 is 45.4 Å². The summed E-state index contributed by atoms with van der Waals surface area (Å²) in [6.45, 7) is 0. The van der Waals surface area contributed by atoms with Gasteiger partial charge in [-0.2, -0.15) is 0 Å². The van der Waals surface area contributed by atoms with Crippen LogP contribution in [0.4, 0.5) is 0 Å². The Morgan fingerprint density at radius 1 is 0.857 bits per heavy atom. The summed E-state index contributed by atoms with van der Waals surface area (Å²) in [6, 6.07) is 0. The number of hydrogen-bond donors (Lipinski definition) is 4. The molecule has 0 aromatic carbocycles. The van der Waals surface area contributed by atoms with Gasteiger partial charge in [0.2, 0.25) is 0 Å². The monoisotopic (exact) mass is 194 g/mol. The van der Waals surface area contributed by atoms with E-state index in [9.17, 15) is 0 Å². The second-order valence-electron chi connectivity index (χ2n) is 0.600. The van der Waals surface area contributed by atoms with Gasteiger partial charge in [0.1, 0.15) is 0 Å². The maximum atomic E-state index is 7.33. The maximum Gasteiger partial charge on any atom is 0 e. The van der Waals surface area contributed by atoms with Crippen LogP contribution in [0.3, 0.4) is 0 Å². The number of rotatable bonds is 0. The Hall–Kier alpha value is 1.54. The first-order valence-electron chi connectivity index (χ1n) is 0.894. The molecular formula is H5LiO4SiZr. The van der Waals surface area contributed by atoms with Crippen molar-refractivity contribution in [3.8, 4) is 0 Å². The molecular weight excluding hydrogens is 190 g/mol. The standard InChI is InChI=1S/Li.H4O4Si.Zr.H/c;1-5(2,3)4;;/h;1-4H;;. The summed E-state index contributed by atoms with van der Waals surface area (Å²) in [6.07, 6.45) is 0. The van der Waals surface area contributed by atoms with Crippen LogP contribution in [-0.2, 0) is 26.2 Å². The van der Waals surface area contributed by atoms with Gasteiger partial charge >= 0.3 is 27.9 Å². The normalized spacial score (nSPS) is 8.57. The fourth-order valence-corrected chi connectivity index (χ4v) is 0. The molecule has 0 fully saturated rings. The molecule has 0 heterocycles. The van der Waals surface area contributed by atoms with Crippen LogP contribution >= 0.6 is 0 Å². The fourth-order valence-electron chi connectivity index (χ4n) is 0. The minimum absolute atomic E-state index is 0. The van der Waals surface area contributed by atoms with Crippen LogP contribution in [0, 0.1) is 0 Å². The Morgan fingerprint density at radius 3 is 0.857 bits per heavy atom. The van der Waals surface area contributed by atoms with E-state index in [1.54, 1.807) is 0 Å². The first-order chi connectivity index (χ1) is 2.00. The van der Waals surface area contributed by atoms with Gasteiger partial charge in [0.25, 0.3) is 0 Å². The first kappa shape index (κ1) is 15.8. The SMILES string of the molecule is O[Si](O)(O)O.[LiH].[Zr]. The molecule has 4 nitrogen and oxygen atoms in total. The van der Waals surface area contributed by atoms with E-state index in [0.717, 1.165) is 0 Å². The van der Waals surface area contributed by atoms with Gasteiger partial charge in [0, 0.05) is 26.2 Å². The summed E-state index contributed by atoms with van der Waals surface area (Å²) >= 11 is 0. The summed E-state index contributed by atoms with van der Waals surface area (Å²) < 4.78 is 0. The molecule has 0 aliphatic heterocycles. The van der Waals surface area contributed by atoms with E-state index < -0.39 is 9.05 Å². The molecule has 0 radical (unpaired) electrons. The van der Waals surface area contributed by atoms with Crippen molar-refractivity contribution in [2.24, 2.45) is 0 Å². The minimum atomic E-state index is -4.61. The first-order valence-corrected chi connectivity index (χ1v) is 2.68. The molecule has 38 valence electrons. The molecule has 0 saturated carbocycles. The van der Waals surface area contributed by atoms with Gasteiger partial charge in [-0.05, 0) is 0 Å². The topological polar surface area (TPSA) is 80.9 Å². The summed E-state index contributed by atoms with van der Waals surface area (Å²) in [5.41, 5.74) is 0. The third-order valence-corrected chi connectivity index (χ3v) is 0. The van der Waals surface area contributed by atoms with Crippen LogP contribution in [0.15, 0.2) is 0 Å². The van der Waals surface area contributed by atoms with Crippen LogP contribution in [0.5, 0.6) is 0 Å². The van der Waals surface area contributed by atoms with E-state index in [0.29, 0.717) is 0 Å². The molecule has 0 aliphatic rings. The summed E-state index contributed by atoms with van der Waals surface area (Å²) in [7, 11) is -4.61. The predicted molar refractivity (Wildman–Crippen MR) is 21.8 cm³/mol. The predicted octanol–water partition coefficient (Wildman–Crippen LogP) is -3.26. The minimum Gasteiger partial charge on any atom is 0 e. The molecule has 0 rings (SSSR count). The quantitative estimate of drug-likeness (QED) is 0.306. The van der Waals surface area contributed by atoms with Crippen LogP contribution < -0.4 is 0 Å². The maximum absolute atomic E-state index is 7.33. The molecule has 0 aromatic rings. The zero-order valence-electron chi connectivity index (χ0n) is 2.79. The van der Waals surface area contributed by atoms with Crippen LogP contribution in [0.1, 0.15) is 0 Å². The third kappa shape index (κ3) is 97.8. The van der Waals surface area contributed by atoms with E-state index in [-0.39, 0.29) is 45.1 Å². The molecule has 7 heteroatoms. The Morgan fingerprint density at radius 2 is 0.857 bits per heavy atom. The van der Waals surface area contributed by atoms with Crippen molar-refractivity contribution in [2.45, 2.75) is 0 Å². The van der Waals surface area contributed by atoms with Gasteiger partial charge in [0.15, 0.2) is 0 Å². The van der Waals surface area contributed by atoms with E-state index in [2.05, 4.69) is 0 Å². The van der Waals surface area contributed by atoms with E-state index in [4.69, 9.17) is 19.2 Å². The molecule has 0 atom stereocenters. The Bertz CT molecular complexity index is 27.2. The molecule has 0 aromatic heterocycles. The third-order valence-electron chi connectivity index (χ3n) is 0. The van der Waals surface area contributed by atoms with Gasteiger partial charge in [-0.15, -0.1) is 0 Å². The fraction of sp³-hybridized carbons (Fsp3) is 0. The molecule has 7 heavy (non-hydrogen) atoms. The van der Waals surface area contributed by atoms with Crippen molar-refractivity contribution in [1.29, 1.82) is 0 Å². The Kier molecular flexibility index (Phi) is 12.8. The largest absolute Gasteiger partial charge is 0 e. The van der Waals surface area contributed by atoms with Gasteiger partial charge in [-0.1, -0.05) is 0 Å². The van der Waals surface area contributed by atoms with Crippen LogP contribution in [0.2, 0.25) is 0 Å². The molecule has 0 saturated heterocycles. The van der Waals surface area contributed by atoms with Crippen molar-refractivity contribution in [3.05, 3.63) is 0 Å². The van der Waals surface area contributed by atoms with Crippen LogP contribution in [0.25, 0.3) is 0 Å². The van der Waals surface area contributed by atoms with E-state index >= 15 is 0 Å². The second kappa shape index (κ2) is 5.67. The van der Waals surface area contributed by atoms with E-state index in [1.807, 2.05) is 0 Å². The van der Waals surface area contributed by atoms with Gasteiger partial charge < -0.3 is 19.2 Å². The van der Waals surface area contributed by atoms with Gasteiger partial charge in [0.05, 0.1) is 0 Å². The second-order valence-corrected chi connectivity index (χ2v) is 1.80. The van der Waals surface area contributed by atoms with E-state index in [1.165, 1.54) is 0 Å². The van der Waals surface area contributed by atoms with Gasteiger partial charge in [-0.25, -0.2) is 0 Å². The molecule has 0 amide bonds. The van der Waals surface area contributed by atoms with Crippen molar-refractivity contribution in [2.75, 3.05) is 0 Å². The molecule has 0 bridgehead atoms. The van der Waals surface area contributed by atoms with Crippen molar-refractivity contribution >= 4 is 27.9 Å². The Labute approximate surface area is 73.0 Å². The average Bonchev–Trinajstić information content (AvgIpc) is 0.722. The molecule has 0 spiro atoms. The summed E-state index contributed by atoms with van der Waals surface area (Å²) in [5, 5.41) is 0. The summed E-state index contributed by atoms with van der Waals surface area (Å²) in [5.74, 6) is 0. The zero-order valence-corrected chi connectivity index (χ0v) is 6.25.